The highest BCUT2D eigenvalue weighted by molar-refractivity contribution is 5.85. The summed E-state index contributed by atoms with van der Waals surface area (Å²) in [5.41, 5.74) is 3.12. The maximum atomic E-state index is 12.7. The van der Waals surface area contributed by atoms with Crippen LogP contribution in [0, 0.1) is 0 Å². The number of carbonyl (C=O) groups is 1. The Balaban J connectivity index is 1.68. The van der Waals surface area contributed by atoms with Gasteiger partial charge in [-0.1, -0.05) is 12.1 Å². The lowest BCUT2D eigenvalue weighted by molar-refractivity contribution is -0.137. The molecule has 2 aliphatic rings. The smallest absolute Gasteiger partial charge is 0.319 e. The van der Waals surface area contributed by atoms with E-state index in [1.54, 1.807) is 14.2 Å². The average molecular weight is 382 g/mol. The lowest BCUT2D eigenvalue weighted by Gasteiger charge is -2.36. The fourth-order valence-corrected chi connectivity index (χ4v) is 4.09. The molecule has 28 heavy (non-hydrogen) atoms. The number of nitrogens with one attached hydrogen (secondary N) is 1. The van der Waals surface area contributed by atoms with Crippen molar-refractivity contribution in [1.82, 2.24) is 5.32 Å². The van der Waals surface area contributed by atoms with Crippen LogP contribution in [0.3, 0.4) is 0 Å². The molecule has 0 aliphatic carbocycles. The number of hydrogen-bond donors (Lipinski definition) is 1. The Morgan fingerprint density at radius 1 is 1.14 bits per heavy atom. The van der Waals surface area contributed by atoms with E-state index in [1.165, 1.54) is 0 Å². The molecule has 0 bridgehead atoms. The van der Waals surface area contributed by atoms with Crippen LogP contribution in [0.25, 0.3) is 0 Å². The van der Waals surface area contributed by atoms with Crippen molar-refractivity contribution in [2.75, 3.05) is 38.8 Å². The van der Waals surface area contributed by atoms with E-state index in [0.29, 0.717) is 29.7 Å². The Morgan fingerprint density at radius 3 is 2.71 bits per heavy atom. The number of hydrogen-bond acceptors (Lipinski definition) is 6. The molecule has 0 saturated carbocycles. The van der Waals surface area contributed by atoms with Gasteiger partial charge in [0, 0.05) is 36.9 Å². The van der Waals surface area contributed by atoms with E-state index < -0.39 is 0 Å². The molecule has 0 radical (unpaired) electrons. The van der Waals surface area contributed by atoms with Crippen molar-refractivity contribution >= 4 is 11.7 Å². The quantitative estimate of drug-likeness (QED) is 0.648. The maximum Gasteiger partial charge on any atom is 0.319 e. The molecule has 148 valence electrons. The molecule has 2 heterocycles. The molecule has 2 aliphatic heterocycles. The Kier molecular flexibility index (Phi) is 5.13. The molecule has 1 saturated heterocycles. The summed E-state index contributed by atoms with van der Waals surface area (Å²) in [6.45, 7) is 5.01. The molecule has 4 rings (SSSR count). The first kappa shape index (κ1) is 18.6. The molecule has 6 nitrogen and oxygen atoms in total. The molecule has 0 spiro atoms. The Morgan fingerprint density at radius 2 is 1.96 bits per heavy atom. The van der Waals surface area contributed by atoms with Gasteiger partial charge in [-0.05, 0) is 43.2 Å². The molecular weight excluding hydrogens is 356 g/mol. The topological polar surface area (TPSA) is 60.0 Å². The number of nitrogens with zero attached hydrogens (tertiary/aromatic N) is 1. The van der Waals surface area contributed by atoms with Crippen LogP contribution < -0.4 is 24.4 Å². The number of esters is 1. The molecule has 1 unspecified atom stereocenters. The SMILES string of the molecule is COc1ccc(C2Cc3c(cccc3N3CCN[C@@H](C)C3)OC2=O)cc1OC. The minimum atomic E-state index is -0.367. The number of anilines is 1. The van der Waals surface area contributed by atoms with Gasteiger partial charge in [-0.2, -0.15) is 0 Å². The van der Waals surface area contributed by atoms with E-state index in [1.807, 2.05) is 30.3 Å². The summed E-state index contributed by atoms with van der Waals surface area (Å²) in [7, 11) is 3.20. The van der Waals surface area contributed by atoms with Gasteiger partial charge in [-0.25, -0.2) is 0 Å². The second-order valence-electron chi connectivity index (χ2n) is 7.35. The lowest BCUT2D eigenvalue weighted by atomic mass is 9.88. The molecule has 0 aromatic heterocycles. The standard InChI is InChI=1S/C22H26N2O4/c1-14-13-24(10-9-23-14)18-5-4-6-19-17(18)12-16(22(25)28-19)15-7-8-20(26-2)21(11-15)27-3/h4-8,11,14,16,23H,9-10,12-13H2,1-3H3/t14-,16?/m0/s1. The summed E-state index contributed by atoms with van der Waals surface area (Å²) < 4.78 is 16.5. The predicted molar refractivity (Wildman–Crippen MR) is 108 cm³/mol. The first-order valence-electron chi connectivity index (χ1n) is 9.64. The van der Waals surface area contributed by atoms with Crippen molar-refractivity contribution in [3.8, 4) is 17.2 Å². The first-order valence-corrected chi connectivity index (χ1v) is 9.64. The summed E-state index contributed by atoms with van der Waals surface area (Å²) >= 11 is 0. The van der Waals surface area contributed by atoms with Gasteiger partial charge in [0.05, 0.1) is 20.1 Å². The molecule has 2 atom stereocenters. The highest BCUT2D eigenvalue weighted by Crippen LogP contribution is 2.40. The van der Waals surface area contributed by atoms with Gasteiger partial charge < -0.3 is 24.4 Å². The van der Waals surface area contributed by atoms with Crippen LogP contribution in [0.5, 0.6) is 17.2 Å². The molecule has 2 aromatic rings. The van der Waals surface area contributed by atoms with Crippen LogP contribution >= 0.6 is 0 Å². The average Bonchev–Trinajstić information content (AvgIpc) is 2.72. The molecular formula is C22H26N2O4. The van der Waals surface area contributed by atoms with Gasteiger partial charge in [-0.15, -0.1) is 0 Å². The van der Waals surface area contributed by atoms with E-state index in [9.17, 15) is 4.79 Å². The zero-order valence-corrected chi connectivity index (χ0v) is 16.5. The van der Waals surface area contributed by atoms with Gasteiger partial charge in [-0.3, -0.25) is 4.79 Å². The summed E-state index contributed by atoms with van der Waals surface area (Å²) in [5.74, 6) is 1.33. The predicted octanol–water partition coefficient (Wildman–Crippen LogP) is 2.75. The Hall–Kier alpha value is -2.73. The maximum absolute atomic E-state index is 12.7. The van der Waals surface area contributed by atoms with Crippen LogP contribution in [0.1, 0.15) is 24.0 Å². The van der Waals surface area contributed by atoms with E-state index >= 15 is 0 Å². The number of benzene rings is 2. The third kappa shape index (κ3) is 3.40. The summed E-state index contributed by atoms with van der Waals surface area (Å²) in [4.78, 5) is 15.1. The molecule has 1 fully saturated rings. The number of fused-ring (bicyclic) bond motifs is 1. The van der Waals surface area contributed by atoms with Gasteiger partial charge in [0.2, 0.25) is 0 Å². The molecule has 6 heteroatoms. The second kappa shape index (κ2) is 7.72. The van der Waals surface area contributed by atoms with Crippen molar-refractivity contribution in [3.63, 3.8) is 0 Å². The third-order valence-electron chi connectivity index (χ3n) is 5.53. The molecule has 1 N–H and O–H groups in total. The summed E-state index contributed by atoms with van der Waals surface area (Å²) in [6.07, 6.45) is 0.609. The van der Waals surface area contributed by atoms with Crippen molar-refractivity contribution in [1.29, 1.82) is 0 Å². The lowest BCUT2D eigenvalue weighted by Crippen LogP contribution is -2.49. The van der Waals surface area contributed by atoms with Crippen molar-refractivity contribution in [3.05, 3.63) is 47.5 Å². The Labute approximate surface area is 165 Å². The Bertz CT molecular complexity index is 883. The van der Waals surface area contributed by atoms with Crippen LogP contribution in [-0.4, -0.2) is 45.9 Å². The van der Waals surface area contributed by atoms with Gasteiger partial charge >= 0.3 is 5.97 Å². The fraction of sp³-hybridized carbons (Fsp3) is 0.409. The molecule has 0 amide bonds. The van der Waals surface area contributed by atoms with E-state index in [2.05, 4.69) is 23.2 Å². The van der Waals surface area contributed by atoms with Crippen molar-refractivity contribution in [2.45, 2.75) is 25.3 Å². The zero-order valence-electron chi connectivity index (χ0n) is 16.5. The van der Waals surface area contributed by atoms with Crippen LogP contribution in [0.4, 0.5) is 5.69 Å². The van der Waals surface area contributed by atoms with E-state index in [-0.39, 0.29) is 11.9 Å². The monoisotopic (exact) mass is 382 g/mol. The number of methoxy groups -OCH3 is 2. The van der Waals surface area contributed by atoms with Crippen LogP contribution in [0.15, 0.2) is 36.4 Å². The highest BCUT2D eigenvalue weighted by Gasteiger charge is 2.33. The number of rotatable bonds is 4. The number of carbonyl (C=O) groups excluding carboxylic acids is 1. The normalized spacial score (nSPS) is 21.7. The van der Waals surface area contributed by atoms with Gasteiger partial charge in [0.25, 0.3) is 0 Å². The summed E-state index contributed by atoms with van der Waals surface area (Å²) in [5, 5.41) is 3.47. The molecule has 2 aromatic carbocycles. The highest BCUT2D eigenvalue weighted by atomic mass is 16.5. The van der Waals surface area contributed by atoms with Gasteiger partial charge in [0.1, 0.15) is 5.75 Å². The summed E-state index contributed by atoms with van der Waals surface area (Å²) in [6, 6.07) is 12.0. The van der Waals surface area contributed by atoms with Crippen molar-refractivity contribution in [2.24, 2.45) is 0 Å². The van der Waals surface area contributed by atoms with Crippen molar-refractivity contribution < 1.29 is 19.0 Å². The largest absolute Gasteiger partial charge is 0.493 e. The van der Waals surface area contributed by atoms with E-state index in [4.69, 9.17) is 14.2 Å². The van der Waals surface area contributed by atoms with Gasteiger partial charge in [0.15, 0.2) is 11.5 Å². The first-order chi connectivity index (χ1) is 13.6. The van der Waals surface area contributed by atoms with E-state index in [0.717, 1.165) is 36.4 Å². The fourth-order valence-electron chi connectivity index (χ4n) is 4.09. The zero-order chi connectivity index (χ0) is 19.7. The number of ether oxygens (including phenoxy) is 3. The third-order valence-corrected chi connectivity index (χ3v) is 5.53. The second-order valence-corrected chi connectivity index (χ2v) is 7.35. The van der Waals surface area contributed by atoms with Crippen LogP contribution in [0.2, 0.25) is 0 Å². The minimum absolute atomic E-state index is 0.231. The van der Waals surface area contributed by atoms with Crippen LogP contribution in [-0.2, 0) is 11.2 Å². The minimum Gasteiger partial charge on any atom is -0.493 e. The number of piperazine rings is 1.